The van der Waals surface area contributed by atoms with Crippen LogP contribution in [0.1, 0.15) is 36.8 Å². The minimum absolute atomic E-state index is 0. The summed E-state index contributed by atoms with van der Waals surface area (Å²) in [7, 11) is -10.7. The first-order valence-corrected chi connectivity index (χ1v) is 22.5. The monoisotopic (exact) mass is 926 g/mol. The zero-order chi connectivity index (χ0) is 44.3. The van der Waals surface area contributed by atoms with Gasteiger partial charge in [-0.25, -0.2) is 0 Å². The summed E-state index contributed by atoms with van der Waals surface area (Å²) < 4.78 is 59.2. The van der Waals surface area contributed by atoms with E-state index in [-0.39, 0.29) is 40.7 Å². The molecule has 64 heavy (non-hydrogen) atoms. The molecule has 9 rings (SSSR count). The van der Waals surface area contributed by atoms with E-state index in [4.69, 9.17) is 9.98 Å². The van der Waals surface area contributed by atoms with Gasteiger partial charge in [0.1, 0.15) is 11.5 Å². The van der Waals surface area contributed by atoms with E-state index in [1.54, 1.807) is 0 Å². The molecule has 1 saturated carbocycles. The molecule has 12 heteroatoms. The standard InChI is InChI=1S/C52H42N2O2.F6P.Mn/c55-51-39(31-37-21-7-9-25-43(37)49(51)45-27-13-11-23-41(45)35-17-3-1-4-18-35)33-53-47-29-15-16-30-48(47)54-34-40-32-38-22-8-10-26-44(38)50(52(40)56)46-28-14-12-24-42(46)36-19-5-2-6-20-36;1-7(2,3,4,5)6;/h1-14,17-28,31-34,47-48,55-56H,15-16,29-30H2;;/q;-1;/t47-,48-;;/m0../s1. The van der Waals surface area contributed by atoms with Crippen LogP contribution >= 0.6 is 7.81 Å². The van der Waals surface area contributed by atoms with Gasteiger partial charge >= 0.3 is 33.0 Å². The van der Waals surface area contributed by atoms with Crippen LogP contribution in [0.25, 0.3) is 66.1 Å². The fourth-order valence-electron chi connectivity index (χ4n) is 8.39. The Morgan fingerprint density at radius 1 is 0.438 bits per heavy atom. The maximum Gasteiger partial charge on any atom is 0.132 e. The summed E-state index contributed by atoms with van der Waals surface area (Å²) in [6, 6.07) is 57.6. The quantitative estimate of drug-likeness (QED) is 0.0690. The van der Waals surface area contributed by atoms with Gasteiger partial charge in [0.2, 0.25) is 0 Å². The van der Waals surface area contributed by atoms with Gasteiger partial charge < -0.3 is 10.2 Å². The van der Waals surface area contributed by atoms with Gasteiger partial charge in [0.15, 0.2) is 0 Å². The second-order valence-electron chi connectivity index (χ2n) is 15.6. The number of halogens is 6. The Labute approximate surface area is 377 Å². The van der Waals surface area contributed by atoms with Crippen molar-refractivity contribution in [3.8, 4) is 56.0 Å². The first-order valence-electron chi connectivity index (χ1n) is 20.5. The third-order valence-electron chi connectivity index (χ3n) is 11.2. The molecule has 8 aromatic carbocycles. The van der Waals surface area contributed by atoms with Crippen LogP contribution in [-0.2, 0) is 17.1 Å². The second kappa shape index (κ2) is 18.1. The summed E-state index contributed by atoms with van der Waals surface area (Å²) in [5.74, 6) is 0.437. The number of fused-ring (bicyclic) bond motifs is 2. The predicted octanol–water partition coefficient (Wildman–Crippen LogP) is 16.3. The smallest absolute Gasteiger partial charge is 0.132 e. The molecular formula is C52H42F6MnN2O2P-. The molecule has 1 fully saturated rings. The van der Waals surface area contributed by atoms with Gasteiger partial charge in [-0.05, 0) is 79.9 Å². The molecule has 0 heterocycles. The number of nitrogens with zero attached hydrogens (tertiary/aromatic N) is 2. The summed E-state index contributed by atoms with van der Waals surface area (Å²) >= 11 is 0. The number of phenols is 2. The summed E-state index contributed by atoms with van der Waals surface area (Å²) in [4.78, 5) is 10.3. The molecule has 1 aliphatic rings. The van der Waals surface area contributed by atoms with Crippen LogP contribution in [0.3, 0.4) is 0 Å². The third-order valence-corrected chi connectivity index (χ3v) is 11.2. The van der Waals surface area contributed by atoms with Crippen molar-refractivity contribution < 1.29 is 52.5 Å². The van der Waals surface area contributed by atoms with Crippen LogP contribution in [0.4, 0.5) is 25.2 Å². The largest absolute Gasteiger partial charge is 0.507 e. The molecule has 2 atom stereocenters. The number of rotatable bonds is 8. The molecule has 0 spiro atoms. The van der Waals surface area contributed by atoms with Gasteiger partial charge in [0.05, 0.1) is 12.1 Å². The van der Waals surface area contributed by atoms with Gasteiger partial charge in [0.25, 0.3) is 0 Å². The van der Waals surface area contributed by atoms with E-state index in [1.807, 2.05) is 109 Å². The van der Waals surface area contributed by atoms with Gasteiger partial charge in [-0.3, -0.25) is 9.98 Å². The molecule has 4 nitrogen and oxygen atoms in total. The maximum atomic E-state index is 12.0. The Balaban J connectivity index is 0.000000709. The molecular weight excluding hydrogens is 884 g/mol. The Hall–Kier alpha value is -6.25. The van der Waals surface area contributed by atoms with Crippen LogP contribution in [0.2, 0.25) is 0 Å². The fourth-order valence-corrected chi connectivity index (χ4v) is 8.39. The fraction of sp³-hybridized carbons (Fsp3) is 0.115. The van der Waals surface area contributed by atoms with Crippen LogP contribution in [-0.4, -0.2) is 34.7 Å². The van der Waals surface area contributed by atoms with Gasteiger partial charge in [-0.1, -0.05) is 171 Å². The number of hydrogen-bond donors (Lipinski definition) is 2. The van der Waals surface area contributed by atoms with E-state index in [0.29, 0.717) is 11.1 Å². The molecule has 0 amide bonds. The number of hydrogen-bond acceptors (Lipinski definition) is 4. The number of aliphatic imine (C=N–C) groups is 2. The number of aromatic hydroxyl groups is 2. The molecule has 1 radical (unpaired) electrons. The van der Waals surface area contributed by atoms with Crippen molar-refractivity contribution in [2.45, 2.75) is 37.8 Å². The molecule has 1 aliphatic carbocycles. The summed E-state index contributed by atoms with van der Waals surface area (Å²) in [5, 5.41) is 28.1. The predicted molar refractivity (Wildman–Crippen MR) is 248 cm³/mol. The molecule has 0 saturated heterocycles. The van der Waals surface area contributed by atoms with Crippen molar-refractivity contribution in [3.05, 3.63) is 181 Å². The first kappa shape index (κ1) is 45.8. The Bertz CT molecular complexity index is 2800. The average Bonchev–Trinajstić information content (AvgIpc) is 3.27. The number of phenolic OH excluding ortho intramolecular Hbond substituents is 2. The topological polar surface area (TPSA) is 65.2 Å². The normalized spacial score (nSPS) is 16.5. The maximum absolute atomic E-state index is 12.0. The van der Waals surface area contributed by atoms with E-state index < -0.39 is 7.81 Å². The van der Waals surface area contributed by atoms with Crippen molar-refractivity contribution >= 4 is 41.8 Å². The van der Waals surface area contributed by atoms with Gasteiger partial charge in [-0.2, -0.15) is 0 Å². The van der Waals surface area contributed by atoms with Crippen molar-refractivity contribution in [2.24, 2.45) is 9.98 Å². The van der Waals surface area contributed by atoms with Gasteiger partial charge in [-0.15, -0.1) is 0 Å². The summed E-state index contributed by atoms with van der Waals surface area (Å²) in [6.07, 6.45) is 7.62. The molecule has 0 bridgehead atoms. The molecule has 8 aromatic rings. The van der Waals surface area contributed by atoms with Crippen molar-refractivity contribution in [1.29, 1.82) is 0 Å². The Morgan fingerprint density at radius 2 is 0.750 bits per heavy atom. The van der Waals surface area contributed by atoms with E-state index >= 15 is 0 Å². The van der Waals surface area contributed by atoms with E-state index in [2.05, 4.69) is 72.8 Å². The van der Waals surface area contributed by atoms with E-state index in [1.165, 1.54) is 0 Å². The summed E-state index contributed by atoms with van der Waals surface area (Å²) in [6.45, 7) is 0. The van der Waals surface area contributed by atoms with E-state index in [9.17, 15) is 35.4 Å². The first-order chi connectivity index (χ1) is 30.1. The molecule has 327 valence electrons. The minimum Gasteiger partial charge on any atom is -0.507 e. The summed E-state index contributed by atoms with van der Waals surface area (Å²) in [5.41, 5.74) is 9.25. The molecule has 0 aliphatic heterocycles. The SMILES string of the molecule is F[P-](F)(F)(F)(F)F.Oc1c(C=N[C@H]2CCCC[C@@H]2N=Cc2cc3ccccc3c(-c3ccccc3-c3ccccc3)c2O)cc2ccccc2c1-c1ccccc1-c1ccccc1.[Mn]. The molecule has 2 N–H and O–H groups in total. The second-order valence-corrected chi connectivity index (χ2v) is 17.5. The Kier molecular flexibility index (Phi) is 12.9. The van der Waals surface area contributed by atoms with Crippen LogP contribution in [0.15, 0.2) is 180 Å². The van der Waals surface area contributed by atoms with Crippen molar-refractivity contribution in [1.82, 2.24) is 0 Å². The van der Waals surface area contributed by atoms with Gasteiger partial charge in [0, 0.05) is 51.8 Å². The Morgan fingerprint density at radius 3 is 1.12 bits per heavy atom. The zero-order valence-electron chi connectivity index (χ0n) is 34.2. The van der Waals surface area contributed by atoms with Crippen molar-refractivity contribution in [2.75, 3.05) is 0 Å². The zero-order valence-corrected chi connectivity index (χ0v) is 36.3. The minimum atomic E-state index is -10.7. The average molecular weight is 927 g/mol. The van der Waals surface area contributed by atoms with Crippen LogP contribution < -0.4 is 0 Å². The van der Waals surface area contributed by atoms with E-state index in [0.717, 1.165) is 91.7 Å². The van der Waals surface area contributed by atoms with Crippen molar-refractivity contribution in [3.63, 3.8) is 0 Å². The molecule has 0 unspecified atom stereocenters. The molecule has 0 aromatic heterocycles. The van der Waals surface area contributed by atoms with Crippen LogP contribution in [0, 0.1) is 0 Å². The number of benzene rings is 8. The third kappa shape index (κ3) is 11.1. The van der Waals surface area contributed by atoms with Crippen LogP contribution in [0.5, 0.6) is 11.5 Å².